The van der Waals surface area contributed by atoms with Crippen molar-refractivity contribution >= 4 is 5.84 Å². The maximum atomic E-state index is 5.87. The van der Waals surface area contributed by atoms with Gasteiger partial charge in [-0.2, -0.15) is 0 Å². The van der Waals surface area contributed by atoms with Crippen molar-refractivity contribution in [1.82, 2.24) is 0 Å². The third-order valence-electron chi connectivity index (χ3n) is 2.22. The number of ether oxygens (including phenoxy) is 1. The fraction of sp³-hybridized carbons (Fsp3) is 0.900. The van der Waals surface area contributed by atoms with Crippen LogP contribution in [0.1, 0.15) is 26.7 Å². The number of aliphatic imine (C=N–C) groups is 1. The molecule has 1 heterocycles. The molecule has 2 N–H and O–H groups in total. The molecule has 0 radical (unpaired) electrons. The van der Waals surface area contributed by atoms with Crippen molar-refractivity contribution < 1.29 is 4.74 Å². The molecule has 1 aliphatic rings. The van der Waals surface area contributed by atoms with E-state index in [0.29, 0.717) is 11.8 Å². The first-order valence-corrected chi connectivity index (χ1v) is 5.07. The fourth-order valence-electron chi connectivity index (χ4n) is 1.39. The molecule has 0 saturated carbocycles. The van der Waals surface area contributed by atoms with Crippen LogP contribution in [0.4, 0.5) is 0 Å². The van der Waals surface area contributed by atoms with Crippen molar-refractivity contribution in [2.24, 2.45) is 22.6 Å². The van der Waals surface area contributed by atoms with E-state index in [4.69, 9.17) is 10.5 Å². The number of nitrogens with two attached hydrogens (primary N) is 1. The van der Waals surface area contributed by atoms with Crippen LogP contribution >= 0.6 is 0 Å². The zero-order valence-corrected chi connectivity index (χ0v) is 8.62. The highest BCUT2D eigenvalue weighted by Crippen LogP contribution is 2.13. The van der Waals surface area contributed by atoms with E-state index in [-0.39, 0.29) is 0 Å². The smallest absolute Gasteiger partial charge is 0.0991 e. The largest absolute Gasteiger partial charge is 0.387 e. The Morgan fingerprint density at radius 2 is 2.38 bits per heavy atom. The first kappa shape index (κ1) is 10.5. The Bertz CT molecular complexity index is 172. The molecule has 1 unspecified atom stereocenters. The van der Waals surface area contributed by atoms with Gasteiger partial charge in [-0.05, 0) is 18.8 Å². The Morgan fingerprint density at radius 3 is 2.92 bits per heavy atom. The molecule has 0 spiro atoms. The summed E-state index contributed by atoms with van der Waals surface area (Å²) in [5, 5.41) is 0. The summed E-state index contributed by atoms with van der Waals surface area (Å²) in [5.41, 5.74) is 5.87. The topological polar surface area (TPSA) is 47.6 Å². The van der Waals surface area contributed by atoms with Gasteiger partial charge in [0.1, 0.15) is 0 Å². The minimum absolute atomic E-state index is 0.368. The molecule has 0 bridgehead atoms. The molecule has 13 heavy (non-hydrogen) atoms. The number of nitrogens with zero attached hydrogens (tertiary/aromatic N) is 1. The fourth-order valence-corrected chi connectivity index (χ4v) is 1.39. The normalized spacial score (nSPS) is 25.2. The molecule has 76 valence electrons. The van der Waals surface area contributed by atoms with E-state index < -0.39 is 0 Å². The summed E-state index contributed by atoms with van der Waals surface area (Å²) in [6.07, 6.45) is 2.25. The Labute approximate surface area is 80.4 Å². The molecule has 0 aromatic heterocycles. The molecule has 1 rings (SSSR count). The van der Waals surface area contributed by atoms with Crippen LogP contribution in [0.2, 0.25) is 0 Å². The van der Waals surface area contributed by atoms with Gasteiger partial charge in [0, 0.05) is 19.1 Å². The van der Waals surface area contributed by atoms with Gasteiger partial charge in [-0.25, -0.2) is 0 Å². The number of hydrogen-bond acceptors (Lipinski definition) is 2. The van der Waals surface area contributed by atoms with Crippen molar-refractivity contribution in [3.63, 3.8) is 0 Å². The van der Waals surface area contributed by atoms with Crippen molar-refractivity contribution in [2.45, 2.75) is 26.7 Å². The summed E-state index contributed by atoms with van der Waals surface area (Å²) in [6, 6.07) is 0. The second-order valence-electron chi connectivity index (χ2n) is 4.07. The second-order valence-corrected chi connectivity index (χ2v) is 4.07. The van der Waals surface area contributed by atoms with Gasteiger partial charge in [-0.3, -0.25) is 4.99 Å². The molecular formula is C10H20N2O. The van der Waals surface area contributed by atoms with Crippen LogP contribution in [0.15, 0.2) is 4.99 Å². The van der Waals surface area contributed by atoms with Gasteiger partial charge in [0.25, 0.3) is 0 Å². The lowest BCUT2D eigenvalue weighted by Crippen LogP contribution is -2.31. The Balaban J connectivity index is 2.35. The second kappa shape index (κ2) is 5.22. The number of amidine groups is 1. The maximum Gasteiger partial charge on any atom is 0.0991 e. The molecule has 3 heteroatoms. The van der Waals surface area contributed by atoms with Crippen molar-refractivity contribution in [1.29, 1.82) is 0 Å². The van der Waals surface area contributed by atoms with E-state index in [9.17, 15) is 0 Å². The van der Waals surface area contributed by atoms with Gasteiger partial charge in [0.2, 0.25) is 0 Å². The van der Waals surface area contributed by atoms with Crippen LogP contribution in [0.3, 0.4) is 0 Å². The van der Waals surface area contributed by atoms with Crippen LogP contribution < -0.4 is 5.73 Å². The van der Waals surface area contributed by atoms with Crippen molar-refractivity contribution in [2.75, 3.05) is 19.8 Å². The van der Waals surface area contributed by atoms with Gasteiger partial charge in [-0.1, -0.05) is 13.8 Å². The monoisotopic (exact) mass is 184 g/mol. The van der Waals surface area contributed by atoms with E-state index in [1.165, 1.54) is 0 Å². The lowest BCUT2D eigenvalue weighted by molar-refractivity contribution is 0.0765. The minimum atomic E-state index is 0.368. The Hall–Kier alpha value is -0.570. The van der Waals surface area contributed by atoms with Gasteiger partial charge in [0.15, 0.2) is 0 Å². The SMILES string of the molecule is CC(C)CN=C(N)C1CCCOC1. The molecule has 0 aliphatic carbocycles. The van der Waals surface area contributed by atoms with E-state index in [2.05, 4.69) is 18.8 Å². The first-order chi connectivity index (χ1) is 6.20. The highest BCUT2D eigenvalue weighted by molar-refractivity contribution is 5.83. The van der Waals surface area contributed by atoms with E-state index in [0.717, 1.165) is 38.4 Å². The number of hydrogen-bond donors (Lipinski definition) is 1. The summed E-state index contributed by atoms with van der Waals surface area (Å²) in [7, 11) is 0. The quantitative estimate of drug-likeness (QED) is 0.532. The lowest BCUT2D eigenvalue weighted by atomic mass is 10.0. The molecule has 0 aromatic rings. The van der Waals surface area contributed by atoms with Crippen LogP contribution in [-0.2, 0) is 4.74 Å². The predicted molar refractivity (Wildman–Crippen MR) is 54.9 cm³/mol. The van der Waals surface area contributed by atoms with E-state index in [1.807, 2.05) is 0 Å². The summed E-state index contributed by atoms with van der Waals surface area (Å²) in [5.74, 6) is 1.74. The molecule has 0 aromatic carbocycles. The zero-order chi connectivity index (χ0) is 9.68. The van der Waals surface area contributed by atoms with E-state index >= 15 is 0 Å². The lowest BCUT2D eigenvalue weighted by Gasteiger charge is -2.21. The summed E-state index contributed by atoms with van der Waals surface area (Å²) >= 11 is 0. The standard InChI is InChI=1S/C10H20N2O/c1-8(2)6-12-10(11)9-4-3-5-13-7-9/h8-9H,3-7H2,1-2H3,(H2,11,12). The van der Waals surface area contributed by atoms with Gasteiger partial charge < -0.3 is 10.5 Å². The average molecular weight is 184 g/mol. The molecule has 1 atom stereocenters. The molecule has 0 amide bonds. The van der Waals surface area contributed by atoms with Gasteiger partial charge in [0.05, 0.1) is 12.4 Å². The third kappa shape index (κ3) is 3.77. The molecule has 3 nitrogen and oxygen atoms in total. The summed E-state index contributed by atoms with van der Waals surface area (Å²) in [4.78, 5) is 4.36. The highest BCUT2D eigenvalue weighted by Gasteiger charge is 2.17. The van der Waals surface area contributed by atoms with Gasteiger partial charge >= 0.3 is 0 Å². The van der Waals surface area contributed by atoms with Crippen LogP contribution in [0.5, 0.6) is 0 Å². The first-order valence-electron chi connectivity index (χ1n) is 5.07. The van der Waals surface area contributed by atoms with Crippen LogP contribution in [0.25, 0.3) is 0 Å². The summed E-state index contributed by atoms with van der Waals surface area (Å²) < 4.78 is 5.35. The highest BCUT2D eigenvalue weighted by atomic mass is 16.5. The van der Waals surface area contributed by atoms with Crippen molar-refractivity contribution in [3.8, 4) is 0 Å². The number of rotatable bonds is 3. The molecular weight excluding hydrogens is 164 g/mol. The molecule has 1 aliphatic heterocycles. The van der Waals surface area contributed by atoms with Gasteiger partial charge in [-0.15, -0.1) is 0 Å². The van der Waals surface area contributed by atoms with Crippen molar-refractivity contribution in [3.05, 3.63) is 0 Å². The van der Waals surface area contributed by atoms with Crippen LogP contribution in [-0.4, -0.2) is 25.6 Å². The predicted octanol–water partition coefficient (Wildman–Crippen LogP) is 1.43. The average Bonchev–Trinajstić information content (AvgIpc) is 2.15. The van der Waals surface area contributed by atoms with Crippen LogP contribution in [0, 0.1) is 11.8 Å². The Kier molecular flexibility index (Phi) is 4.22. The summed E-state index contributed by atoms with van der Waals surface area (Å²) in [6.45, 7) is 6.77. The molecule has 1 fully saturated rings. The van der Waals surface area contributed by atoms with E-state index in [1.54, 1.807) is 0 Å². The Morgan fingerprint density at radius 1 is 1.62 bits per heavy atom. The maximum absolute atomic E-state index is 5.87. The zero-order valence-electron chi connectivity index (χ0n) is 8.62. The third-order valence-corrected chi connectivity index (χ3v) is 2.22. The minimum Gasteiger partial charge on any atom is -0.387 e. The molecule has 1 saturated heterocycles.